The minimum absolute atomic E-state index is 0.102. The van der Waals surface area contributed by atoms with Crippen molar-refractivity contribution in [3.63, 3.8) is 0 Å². The SMILES string of the molecule is O=C1CCc2c(-c3ccccc3Cl)cc(Cl)nc2C1c1ccccc1Cl. The largest absolute Gasteiger partial charge is 0.299 e. The summed E-state index contributed by atoms with van der Waals surface area (Å²) in [6.07, 6.45) is 1.05. The van der Waals surface area contributed by atoms with Crippen LogP contribution in [0.1, 0.15) is 29.2 Å². The molecule has 2 nitrogen and oxygen atoms in total. The summed E-state index contributed by atoms with van der Waals surface area (Å²) in [6.45, 7) is 0. The van der Waals surface area contributed by atoms with Gasteiger partial charge < -0.3 is 0 Å². The van der Waals surface area contributed by atoms with Gasteiger partial charge in [-0.05, 0) is 41.3 Å². The van der Waals surface area contributed by atoms with Crippen molar-refractivity contribution in [1.82, 2.24) is 4.98 Å². The maximum Gasteiger partial charge on any atom is 0.146 e. The molecule has 0 amide bonds. The van der Waals surface area contributed by atoms with Gasteiger partial charge in [0.25, 0.3) is 0 Å². The molecule has 5 heteroatoms. The maximum absolute atomic E-state index is 12.8. The summed E-state index contributed by atoms with van der Waals surface area (Å²) < 4.78 is 0. The van der Waals surface area contributed by atoms with Gasteiger partial charge in [0.1, 0.15) is 10.9 Å². The molecule has 26 heavy (non-hydrogen) atoms. The van der Waals surface area contributed by atoms with Crippen molar-refractivity contribution in [2.45, 2.75) is 18.8 Å². The molecule has 1 aliphatic rings. The van der Waals surface area contributed by atoms with Gasteiger partial charge in [0.15, 0.2) is 0 Å². The lowest BCUT2D eigenvalue weighted by molar-refractivity contribution is -0.120. The molecule has 0 spiro atoms. The fourth-order valence-corrected chi connectivity index (χ4v) is 4.24. The molecule has 1 unspecified atom stereocenters. The lowest BCUT2D eigenvalue weighted by Gasteiger charge is -2.27. The first-order chi connectivity index (χ1) is 12.6. The van der Waals surface area contributed by atoms with Gasteiger partial charge in [0.2, 0.25) is 0 Å². The highest BCUT2D eigenvalue weighted by Gasteiger charge is 2.33. The van der Waals surface area contributed by atoms with Crippen LogP contribution in [0.15, 0.2) is 54.6 Å². The van der Waals surface area contributed by atoms with E-state index in [1.54, 1.807) is 6.07 Å². The van der Waals surface area contributed by atoms with E-state index in [1.165, 1.54) is 0 Å². The lowest BCUT2D eigenvalue weighted by atomic mass is 9.78. The number of Topliss-reactive ketones (excluding diaryl/α,β-unsaturated/α-hetero) is 1. The molecule has 0 aliphatic heterocycles. The molecule has 0 bridgehead atoms. The number of carbonyl (C=O) groups excluding carboxylic acids is 1. The zero-order chi connectivity index (χ0) is 18.3. The number of hydrogen-bond donors (Lipinski definition) is 0. The van der Waals surface area contributed by atoms with Crippen molar-refractivity contribution >= 4 is 40.6 Å². The smallest absolute Gasteiger partial charge is 0.146 e. The Morgan fingerprint density at radius 2 is 1.54 bits per heavy atom. The zero-order valence-electron chi connectivity index (χ0n) is 13.7. The minimum Gasteiger partial charge on any atom is -0.299 e. The van der Waals surface area contributed by atoms with Crippen molar-refractivity contribution in [3.05, 3.63) is 86.6 Å². The molecule has 1 heterocycles. The Labute approximate surface area is 166 Å². The predicted molar refractivity (Wildman–Crippen MR) is 106 cm³/mol. The number of hydrogen-bond acceptors (Lipinski definition) is 2. The van der Waals surface area contributed by atoms with Crippen LogP contribution in [0.2, 0.25) is 15.2 Å². The summed E-state index contributed by atoms with van der Waals surface area (Å²) >= 11 is 19.1. The van der Waals surface area contributed by atoms with Crippen LogP contribution < -0.4 is 0 Å². The molecule has 1 aliphatic carbocycles. The number of nitrogens with zero attached hydrogens (tertiary/aromatic N) is 1. The summed E-state index contributed by atoms with van der Waals surface area (Å²) in [5, 5.41) is 1.54. The Balaban J connectivity index is 1.97. The number of halogens is 3. The number of aromatic nitrogens is 1. The molecular weight excluding hydrogens is 389 g/mol. The van der Waals surface area contributed by atoms with Gasteiger partial charge in [-0.2, -0.15) is 0 Å². The van der Waals surface area contributed by atoms with Crippen LogP contribution in [0.4, 0.5) is 0 Å². The molecule has 0 saturated carbocycles. The first-order valence-corrected chi connectivity index (χ1v) is 9.41. The molecule has 1 atom stereocenters. The Bertz CT molecular complexity index is 1020. The fourth-order valence-electron chi connectivity index (χ4n) is 3.56. The van der Waals surface area contributed by atoms with Crippen LogP contribution in [0, 0.1) is 0 Å². The molecule has 1 aromatic heterocycles. The van der Waals surface area contributed by atoms with E-state index in [2.05, 4.69) is 4.98 Å². The van der Waals surface area contributed by atoms with Crippen molar-refractivity contribution < 1.29 is 4.79 Å². The normalized spacial score (nSPS) is 16.4. The molecule has 130 valence electrons. The van der Waals surface area contributed by atoms with Crippen LogP contribution >= 0.6 is 34.8 Å². The van der Waals surface area contributed by atoms with E-state index in [4.69, 9.17) is 34.8 Å². The molecule has 0 fully saturated rings. The topological polar surface area (TPSA) is 30.0 Å². The number of carbonyl (C=O) groups is 1. The van der Waals surface area contributed by atoms with Crippen LogP contribution in [-0.4, -0.2) is 10.8 Å². The van der Waals surface area contributed by atoms with Crippen molar-refractivity contribution in [2.75, 3.05) is 0 Å². The number of ketones is 1. The van der Waals surface area contributed by atoms with E-state index in [-0.39, 0.29) is 5.78 Å². The maximum atomic E-state index is 12.8. The van der Waals surface area contributed by atoms with Gasteiger partial charge in [-0.1, -0.05) is 71.2 Å². The van der Waals surface area contributed by atoms with E-state index in [0.29, 0.717) is 33.7 Å². The number of rotatable bonds is 2. The Morgan fingerprint density at radius 3 is 2.27 bits per heavy atom. The fraction of sp³-hybridized carbons (Fsp3) is 0.143. The first kappa shape index (κ1) is 17.5. The second-order valence-corrected chi connectivity index (χ2v) is 7.46. The van der Waals surface area contributed by atoms with Gasteiger partial charge in [0, 0.05) is 22.0 Å². The molecule has 0 saturated heterocycles. The number of pyridine rings is 1. The molecule has 0 radical (unpaired) electrons. The molecule has 2 aromatic carbocycles. The van der Waals surface area contributed by atoms with Gasteiger partial charge in [-0.3, -0.25) is 4.79 Å². The highest BCUT2D eigenvalue weighted by molar-refractivity contribution is 6.34. The van der Waals surface area contributed by atoms with Gasteiger partial charge in [0.05, 0.1) is 11.6 Å². The van der Waals surface area contributed by atoms with Crippen molar-refractivity contribution in [2.24, 2.45) is 0 Å². The zero-order valence-corrected chi connectivity index (χ0v) is 15.9. The lowest BCUT2D eigenvalue weighted by Crippen LogP contribution is -2.24. The van der Waals surface area contributed by atoms with Crippen LogP contribution in [0.3, 0.4) is 0 Å². The van der Waals surface area contributed by atoms with Crippen LogP contribution in [0.25, 0.3) is 11.1 Å². The average Bonchev–Trinajstić information content (AvgIpc) is 2.62. The third-order valence-corrected chi connectivity index (χ3v) is 5.59. The monoisotopic (exact) mass is 401 g/mol. The van der Waals surface area contributed by atoms with Crippen molar-refractivity contribution in [1.29, 1.82) is 0 Å². The Hall–Kier alpha value is -1.87. The highest BCUT2D eigenvalue weighted by atomic mass is 35.5. The van der Waals surface area contributed by atoms with Gasteiger partial charge >= 0.3 is 0 Å². The van der Waals surface area contributed by atoms with E-state index in [1.807, 2.05) is 48.5 Å². The molecule has 0 N–H and O–H groups in total. The van der Waals surface area contributed by atoms with Crippen molar-refractivity contribution in [3.8, 4) is 11.1 Å². The van der Waals surface area contributed by atoms with Crippen LogP contribution in [-0.2, 0) is 11.2 Å². The average molecular weight is 403 g/mol. The summed E-state index contributed by atoms with van der Waals surface area (Å²) in [7, 11) is 0. The standard InChI is InChI=1S/C21H14Cl3NO/c22-16-7-3-1-5-12(16)15-11-19(24)25-21-13(15)9-10-18(26)20(21)14-6-2-4-8-17(14)23/h1-8,11,20H,9-10H2. The molecule has 4 rings (SSSR count). The van der Waals surface area contributed by atoms with Gasteiger partial charge in [-0.25, -0.2) is 4.98 Å². The Kier molecular flexibility index (Phi) is 4.74. The number of benzene rings is 2. The third-order valence-electron chi connectivity index (χ3n) is 4.72. The van der Waals surface area contributed by atoms with E-state index < -0.39 is 5.92 Å². The number of fused-ring (bicyclic) bond motifs is 1. The first-order valence-electron chi connectivity index (χ1n) is 8.27. The summed E-state index contributed by atoms with van der Waals surface area (Å²) in [4.78, 5) is 17.3. The molecule has 3 aromatic rings. The Morgan fingerprint density at radius 1 is 0.846 bits per heavy atom. The van der Waals surface area contributed by atoms with Gasteiger partial charge in [-0.15, -0.1) is 0 Å². The van der Waals surface area contributed by atoms with E-state index in [9.17, 15) is 4.79 Å². The summed E-state index contributed by atoms with van der Waals surface area (Å²) in [5.41, 5.74) is 4.26. The second-order valence-electron chi connectivity index (χ2n) is 6.26. The van der Waals surface area contributed by atoms with E-state index in [0.717, 1.165) is 22.3 Å². The highest BCUT2D eigenvalue weighted by Crippen LogP contribution is 2.42. The predicted octanol–water partition coefficient (Wildman–Crippen LogP) is 6.36. The van der Waals surface area contributed by atoms with E-state index >= 15 is 0 Å². The summed E-state index contributed by atoms with van der Waals surface area (Å²) in [5.74, 6) is -0.405. The summed E-state index contributed by atoms with van der Waals surface area (Å²) in [6, 6.07) is 16.8. The molecular formula is C21H14Cl3NO. The van der Waals surface area contributed by atoms with Crippen LogP contribution in [0.5, 0.6) is 0 Å². The third kappa shape index (κ3) is 3.03. The quantitative estimate of drug-likeness (QED) is 0.467. The second kappa shape index (κ2) is 7.03. The minimum atomic E-state index is -0.507.